The SMILES string of the molecule is COc1cccc([C@@H]2CN(C(=O)c3cccnc3)C[C@H]2C(=O)O)c1OC. The standard InChI is InChI=1S/C19H20N2O5/c1-25-16-7-3-6-13(17(16)26-2)14-10-21(11-15(14)19(23)24)18(22)12-5-4-8-20-9-12/h3-9,14-15H,10-11H2,1-2H3,(H,23,24)/t14-,15+/m0/s1. The van der Waals surface area contributed by atoms with Crippen molar-refractivity contribution in [3.05, 3.63) is 53.9 Å². The first kappa shape index (κ1) is 17.7. The Bertz CT molecular complexity index is 809. The predicted molar refractivity (Wildman–Crippen MR) is 93.6 cm³/mol. The maximum atomic E-state index is 12.7. The molecule has 0 bridgehead atoms. The van der Waals surface area contributed by atoms with Crippen LogP contribution in [0.3, 0.4) is 0 Å². The summed E-state index contributed by atoms with van der Waals surface area (Å²) in [6.45, 7) is 0.419. The normalized spacial score (nSPS) is 19.2. The third-order valence-corrected chi connectivity index (χ3v) is 4.67. The summed E-state index contributed by atoms with van der Waals surface area (Å²) in [4.78, 5) is 30.0. The van der Waals surface area contributed by atoms with E-state index >= 15 is 0 Å². The number of ether oxygens (including phenoxy) is 2. The number of hydrogen-bond donors (Lipinski definition) is 1. The van der Waals surface area contributed by atoms with Crippen LogP contribution < -0.4 is 9.47 Å². The van der Waals surface area contributed by atoms with Crippen LogP contribution in [0.4, 0.5) is 0 Å². The number of aliphatic carboxylic acids is 1. The molecule has 136 valence electrons. The number of methoxy groups -OCH3 is 2. The minimum atomic E-state index is -0.943. The molecule has 7 nitrogen and oxygen atoms in total. The average molecular weight is 356 g/mol. The fourth-order valence-electron chi connectivity index (χ4n) is 3.41. The molecular weight excluding hydrogens is 336 g/mol. The monoisotopic (exact) mass is 356 g/mol. The van der Waals surface area contributed by atoms with Crippen molar-refractivity contribution in [1.82, 2.24) is 9.88 Å². The van der Waals surface area contributed by atoms with Crippen LogP contribution >= 0.6 is 0 Å². The van der Waals surface area contributed by atoms with Gasteiger partial charge in [-0.1, -0.05) is 12.1 Å². The molecule has 3 rings (SSSR count). The van der Waals surface area contributed by atoms with Gasteiger partial charge in [-0.15, -0.1) is 0 Å². The number of para-hydroxylation sites is 1. The van der Waals surface area contributed by atoms with E-state index in [1.807, 2.05) is 6.07 Å². The Labute approximate surface area is 151 Å². The van der Waals surface area contributed by atoms with Crippen LogP contribution in [0.5, 0.6) is 11.5 Å². The first-order chi connectivity index (χ1) is 12.6. The number of nitrogens with zero attached hydrogens (tertiary/aromatic N) is 2. The number of amides is 1. The number of carboxylic acids is 1. The summed E-state index contributed by atoms with van der Waals surface area (Å²) in [5.41, 5.74) is 1.16. The van der Waals surface area contributed by atoms with Crippen LogP contribution in [-0.2, 0) is 4.79 Å². The topological polar surface area (TPSA) is 89.0 Å². The van der Waals surface area contributed by atoms with Crippen LogP contribution in [0.1, 0.15) is 21.8 Å². The number of rotatable bonds is 5. The zero-order valence-corrected chi connectivity index (χ0v) is 14.6. The summed E-state index contributed by atoms with van der Waals surface area (Å²) < 4.78 is 10.8. The molecule has 1 amide bonds. The van der Waals surface area contributed by atoms with Crippen molar-refractivity contribution in [3.8, 4) is 11.5 Å². The number of benzene rings is 1. The average Bonchev–Trinajstić information content (AvgIpc) is 3.12. The van der Waals surface area contributed by atoms with Crippen molar-refractivity contribution in [2.45, 2.75) is 5.92 Å². The van der Waals surface area contributed by atoms with Gasteiger partial charge in [0.05, 0.1) is 25.7 Å². The first-order valence-corrected chi connectivity index (χ1v) is 8.19. The van der Waals surface area contributed by atoms with Crippen molar-refractivity contribution >= 4 is 11.9 Å². The minimum Gasteiger partial charge on any atom is -0.493 e. The second kappa shape index (κ2) is 7.43. The molecule has 0 spiro atoms. The largest absolute Gasteiger partial charge is 0.493 e. The summed E-state index contributed by atoms with van der Waals surface area (Å²) in [5.74, 6) is -1.25. The van der Waals surface area contributed by atoms with E-state index < -0.39 is 17.8 Å². The molecule has 1 aliphatic rings. The second-order valence-electron chi connectivity index (χ2n) is 6.09. The number of pyridine rings is 1. The lowest BCUT2D eigenvalue weighted by Gasteiger charge is -2.20. The van der Waals surface area contributed by atoms with Gasteiger partial charge in [-0.3, -0.25) is 14.6 Å². The van der Waals surface area contributed by atoms with Gasteiger partial charge in [0, 0.05) is 37.0 Å². The molecule has 1 saturated heterocycles. The first-order valence-electron chi connectivity index (χ1n) is 8.19. The molecular formula is C19H20N2O5. The third kappa shape index (κ3) is 3.20. The molecule has 0 aliphatic carbocycles. The molecule has 2 heterocycles. The Morgan fingerprint density at radius 3 is 2.58 bits per heavy atom. The van der Waals surface area contributed by atoms with E-state index in [4.69, 9.17) is 9.47 Å². The van der Waals surface area contributed by atoms with Gasteiger partial charge in [-0.2, -0.15) is 0 Å². The highest BCUT2D eigenvalue weighted by Gasteiger charge is 2.42. The van der Waals surface area contributed by atoms with E-state index in [0.29, 0.717) is 17.1 Å². The highest BCUT2D eigenvalue weighted by Crippen LogP contribution is 2.42. The summed E-state index contributed by atoms with van der Waals surface area (Å²) in [6, 6.07) is 8.72. The molecule has 1 aromatic carbocycles. The van der Waals surface area contributed by atoms with E-state index in [-0.39, 0.29) is 19.0 Å². The summed E-state index contributed by atoms with van der Waals surface area (Å²) in [5, 5.41) is 9.68. The van der Waals surface area contributed by atoms with Crippen LogP contribution in [0.25, 0.3) is 0 Å². The van der Waals surface area contributed by atoms with Crippen molar-refractivity contribution in [3.63, 3.8) is 0 Å². The lowest BCUT2D eigenvalue weighted by atomic mass is 9.88. The Balaban J connectivity index is 1.95. The van der Waals surface area contributed by atoms with Gasteiger partial charge in [0.15, 0.2) is 11.5 Å². The van der Waals surface area contributed by atoms with Gasteiger partial charge >= 0.3 is 5.97 Å². The zero-order valence-electron chi connectivity index (χ0n) is 14.6. The van der Waals surface area contributed by atoms with Gasteiger partial charge < -0.3 is 19.5 Å². The van der Waals surface area contributed by atoms with E-state index in [0.717, 1.165) is 5.56 Å². The third-order valence-electron chi connectivity index (χ3n) is 4.67. The lowest BCUT2D eigenvalue weighted by molar-refractivity contribution is -0.141. The molecule has 1 N–H and O–H groups in total. The van der Waals surface area contributed by atoms with Crippen molar-refractivity contribution in [2.75, 3.05) is 27.3 Å². The number of carboxylic acid groups (broad SMARTS) is 1. The van der Waals surface area contributed by atoms with Gasteiger partial charge in [-0.05, 0) is 18.2 Å². The summed E-state index contributed by atoms with van der Waals surface area (Å²) >= 11 is 0. The predicted octanol–water partition coefficient (Wildman–Crippen LogP) is 2.04. The van der Waals surface area contributed by atoms with E-state index in [1.54, 1.807) is 35.4 Å². The van der Waals surface area contributed by atoms with Crippen LogP contribution in [-0.4, -0.2) is 54.2 Å². The van der Waals surface area contributed by atoms with Crippen molar-refractivity contribution in [2.24, 2.45) is 5.92 Å². The molecule has 7 heteroatoms. The maximum Gasteiger partial charge on any atom is 0.308 e. The summed E-state index contributed by atoms with van der Waals surface area (Å²) in [6.07, 6.45) is 3.07. The molecule has 26 heavy (non-hydrogen) atoms. The van der Waals surface area contributed by atoms with E-state index in [9.17, 15) is 14.7 Å². The molecule has 0 saturated carbocycles. The molecule has 1 aliphatic heterocycles. The molecule has 1 fully saturated rings. The minimum absolute atomic E-state index is 0.133. The van der Waals surface area contributed by atoms with Gasteiger partial charge in [0.1, 0.15) is 0 Å². The molecule has 0 radical (unpaired) electrons. The highest BCUT2D eigenvalue weighted by molar-refractivity contribution is 5.94. The fraction of sp³-hybridized carbons (Fsp3) is 0.316. The number of likely N-dealkylation sites (tertiary alicyclic amines) is 1. The number of carbonyl (C=O) groups is 2. The Morgan fingerprint density at radius 2 is 1.96 bits per heavy atom. The van der Waals surface area contributed by atoms with Gasteiger partial charge in [-0.25, -0.2) is 0 Å². The van der Waals surface area contributed by atoms with E-state index in [1.165, 1.54) is 20.4 Å². The van der Waals surface area contributed by atoms with Gasteiger partial charge in [0.2, 0.25) is 0 Å². The fourth-order valence-corrected chi connectivity index (χ4v) is 3.41. The number of hydrogen-bond acceptors (Lipinski definition) is 5. The van der Waals surface area contributed by atoms with Crippen LogP contribution in [0, 0.1) is 5.92 Å². The Hall–Kier alpha value is -3.09. The molecule has 2 atom stereocenters. The molecule has 1 aromatic heterocycles. The lowest BCUT2D eigenvalue weighted by Crippen LogP contribution is -2.29. The van der Waals surface area contributed by atoms with Crippen molar-refractivity contribution < 1.29 is 24.2 Å². The Morgan fingerprint density at radius 1 is 1.15 bits per heavy atom. The smallest absolute Gasteiger partial charge is 0.308 e. The molecule has 0 unspecified atom stereocenters. The maximum absolute atomic E-state index is 12.7. The zero-order chi connectivity index (χ0) is 18.7. The quantitative estimate of drug-likeness (QED) is 0.882. The van der Waals surface area contributed by atoms with Crippen molar-refractivity contribution in [1.29, 1.82) is 0 Å². The number of carbonyl (C=O) groups excluding carboxylic acids is 1. The Kier molecular flexibility index (Phi) is 5.06. The summed E-state index contributed by atoms with van der Waals surface area (Å²) in [7, 11) is 3.05. The van der Waals surface area contributed by atoms with Gasteiger partial charge in [0.25, 0.3) is 5.91 Å². The number of aromatic nitrogens is 1. The highest BCUT2D eigenvalue weighted by atomic mass is 16.5. The van der Waals surface area contributed by atoms with Crippen LogP contribution in [0.2, 0.25) is 0 Å². The second-order valence-corrected chi connectivity index (χ2v) is 6.09. The van der Waals surface area contributed by atoms with E-state index in [2.05, 4.69) is 4.98 Å². The van der Waals surface area contributed by atoms with Crippen LogP contribution in [0.15, 0.2) is 42.7 Å². The molecule has 2 aromatic rings.